The maximum Gasteiger partial charge on any atom is 0.358 e. The Bertz CT molecular complexity index is 404. The third-order valence-corrected chi connectivity index (χ3v) is 2.29. The molecule has 96 valence electrons. The number of aromatic amines is 1. The van der Waals surface area contributed by atoms with E-state index < -0.39 is 9.76 Å². The van der Waals surface area contributed by atoms with Gasteiger partial charge in [-0.15, -0.1) is 0 Å². The third kappa shape index (κ3) is 4.74. The minimum atomic E-state index is -1.61. The van der Waals surface area contributed by atoms with E-state index in [0.29, 0.717) is 0 Å². The number of hydrogen-bond donors (Lipinski definition) is 1. The molecule has 0 aliphatic heterocycles. The second-order valence-electron chi connectivity index (χ2n) is 4.61. The fourth-order valence-corrected chi connectivity index (χ4v) is 1.20. The molecule has 7 heteroatoms. The number of carbonyl (C=O) groups excluding carboxylic acids is 1. The lowest BCUT2D eigenvalue weighted by atomic mass is 9.92. The van der Waals surface area contributed by atoms with Crippen molar-refractivity contribution >= 4 is 40.8 Å². The molecule has 0 unspecified atom stereocenters. The molecule has 0 aromatic carbocycles. The first kappa shape index (κ1) is 14.6. The first-order valence-electron chi connectivity index (χ1n) is 4.89. The first-order valence-corrected chi connectivity index (χ1v) is 6.03. The highest BCUT2D eigenvalue weighted by atomic mass is 35.6. The van der Waals surface area contributed by atoms with Crippen molar-refractivity contribution in [1.29, 1.82) is 0 Å². The van der Waals surface area contributed by atoms with Gasteiger partial charge in [0.05, 0.1) is 0 Å². The number of aromatic nitrogens is 2. The Kier molecular flexibility index (Phi) is 4.33. The van der Waals surface area contributed by atoms with E-state index in [1.807, 2.05) is 20.8 Å². The lowest BCUT2D eigenvalue weighted by Gasteiger charge is -2.14. The van der Waals surface area contributed by atoms with Crippen LogP contribution in [0.3, 0.4) is 0 Å². The number of carbonyl (C=O) groups is 1. The molecule has 0 fully saturated rings. The normalized spacial score (nSPS) is 12.6. The van der Waals surface area contributed by atoms with Gasteiger partial charge in [-0.2, -0.15) is 5.10 Å². The van der Waals surface area contributed by atoms with Crippen LogP contribution in [0, 0.1) is 0 Å². The topological polar surface area (TPSA) is 55.0 Å². The summed E-state index contributed by atoms with van der Waals surface area (Å²) in [5, 5.41) is 6.63. The molecule has 4 nitrogen and oxygen atoms in total. The predicted molar refractivity (Wildman–Crippen MR) is 67.9 cm³/mol. The lowest BCUT2D eigenvalue weighted by molar-refractivity contribution is 0.0505. The molecule has 0 saturated heterocycles. The molecule has 0 radical (unpaired) electrons. The fraction of sp³-hybridized carbons (Fsp3) is 0.600. The van der Waals surface area contributed by atoms with E-state index in [-0.39, 0.29) is 17.7 Å². The van der Waals surface area contributed by atoms with Crippen molar-refractivity contribution in [2.45, 2.75) is 30.0 Å². The van der Waals surface area contributed by atoms with Crippen LogP contribution in [0.1, 0.15) is 37.0 Å². The second kappa shape index (κ2) is 5.04. The minimum absolute atomic E-state index is 0.124. The Morgan fingerprint density at radius 1 is 1.41 bits per heavy atom. The van der Waals surface area contributed by atoms with Gasteiger partial charge in [-0.3, -0.25) is 5.10 Å². The number of rotatable bonds is 2. The van der Waals surface area contributed by atoms with E-state index in [1.165, 1.54) is 0 Å². The maximum absolute atomic E-state index is 11.6. The molecule has 0 bridgehead atoms. The summed E-state index contributed by atoms with van der Waals surface area (Å²) in [6.07, 6.45) is 0. The Balaban J connectivity index is 2.68. The summed E-state index contributed by atoms with van der Waals surface area (Å²) < 4.78 is 3.19. The van der Waals surface area contributed by atoms with Gasteiger partial charge in [0, 0.05) is 11.1 Å². The minimum Gasteiger partial charge on any atom is -0.456 e. The van der Waals surface area contributed by atoms with Crippen molar-refractivity contribution in [2.24, 2.45) is 0 Å². The highest BCUT2D eigenvalue weighted by Crippen LogP contribution is 2.26. The van der Waals surface area contributed by atoms with Gasteiger partial charge in [-0.05, 0) is 6.07 Å². The smallest absolute Gasteiger partial charge is 0.358 e. The number of hydrogen-bond acceptors (Lipinski definition) is 3. The standard InChI is InChI=1S/C10H13Cl3N2O2/c1-9(2,3)7-4-6(14-15-7)8(16)17-5-10(11,12)13/h4H,5H2,1-3H3,(H,14,15). The summed E-state index contributed by atoms with van der Waals surface area (Å²) in [7, 11) is 0. The van der Waals surface area contributed by atoms with Gasteiger partial charge >= 0.3 is 5.97 Å². The average Bonchev–Trinajstić information content (AvgIpc) is 2.60. The molecule has 17 heavy (non-hydrogen) atoms. The summed E-state index contributed by atoms with van der Waals surface area (Å²) in [5.74, 6) is -0.622. The monoisotopic (exact) mass is 298 g/mol. The van der Waals surface area contributed by atoms with Gasteiger partial charge in [0.2, 0.25) is 3.79 Å². The molecule has 0 amide bonds. The number of nitrogens with zero attached hydrogens (tertiary/aromatic N) is 1. The molecule has 0 aliphatic rings. The molecule has 1 aromatic rings. The van der Waals surface area contributed by atoms with E-state index in [9.17, 15) is 4.79 Å². The number of esters is 1. The molecule has 0 saturated carbocycles. The van der Waals surface area contributed by atoms with E-state index >= 15 is 0 Å². The number of halogens is 3. The Labute approximate surface area is 115 Å². The zero-order chi connectivity index (χ0) is 13.3. The molecule has 1 N–H and O–H groups in total. The fourth-order valence-electron chi connectivity index (χ4n) is 1.03. The highest BCUT2D eigenvalue weighted by Gasteiger charge is 2.24. The first-order chi connectivity index (χ1) is 7.59. The van der Waals surface area contributed by atoms with Crippen LogP contribution in [0.5, 0.6) is 0 Å². The maximum atomic E-state index is 11.6. The third-order valence-electron chi connectivity index (χ3n) is 1.96. The summed E-state index contributed by atoms with van der Waals surface area (Å²) in [6.45, 7) is 5.68. The van der Waals surface area contributed by atoms with Gasteiger partial charge < -0.3 is 4.74 Å². The van der Waals surface area contributed by atoms with Gasteiger partial charge in [0.1, 0.15) is 6.61 Å². The molecule has 0 spiro atoms. The van der Waals surface area contributed by atoms with Crippen molar-refractivity contribution < 1.29 is 9.53 Å². The molecule has 1 rings (SSSR count). The predicted octanol–water partition coefficient (Wildman–Crippen LogP) is 3.23. The number of alkyl halides is 3. The van der Waals surface area contributed by atoms with Crippen molar-refractivity contribution in [3.8, 4) is 0 Å². The largest absolute Gasteiger partial charge is 0.456 e. The van der Waals surface area contributed by atoms with Gasteiger partial charge in [-0.1, -0.05) is 55.6 Å². The zero-order valence-electron chi connectivity index (χ0n) is 9.68. The van der Waals surface area contributed by atoms with E-state index in [4.69, 9.17) is 39.5 Å². The lowest BCUT2D eigenvalue weighted by Crippen LogP contribution is -2.17. The zero-order valence-corrected chi connectivity index (χ0v) is 11.9. The Hall–Kier alpha value is -0.450. The van der Waals surface area contributed by atoms with Crippen LogP contribution in [0.2, 0.25) is 0 Å². The van der Waals surface area contributed by atoms with Crippen LogP contribution in [-0.2, 0) is 10.2 Å². The molecule has 0 aliphatic carbocycles. The summed E-state index contributed by atoms with van der Waals surface area (Å²) >= 11 is 16.4. The Morgan fingerprint density at radius 3 is 2.41 bits per heavy atom. The second-order valence-corrected chi connectivity index (χ2v) is 7.12. The van der Waals surface area contributed by atoms with Gasteiger partial charge in [-0.25, -0.2) is 4.79 Å². The van der Waals surface area contributed by atoms with E-state index in [0.717, 1.165) is 5.69 Å². The number of nitrogens with one attached hydrogen (secondary N) is 1. The quantitative estimate of drug-likeness (QED) is 0.674. The number of H-pyrrole nitrogens is 1. The van der Waals surface area contributed by atoms with Crippen LogP contribution < -0.4 is 0 Å². The molecular weight excluding hydrogens is 286 g/mol. The molecule has 1 aromatic heterocycles. The molecule has 0 atom stereocenters. The molecule has 1 heterocycles. The van der Waals surface area contributed by atoms with Crippen molar-refractivity contribution in [3.05, 3.63) is 17.5 Å². The molecular formula is C10H13Cl3N2O2. The SMILES string of the molecule is CC(C)(C)c1cc(C(=O)OCC(Cl)(Cl)Cl)n[nH]1. The summed E-state index contributed by atoms with van der Waals surface area (Å²) in [6, 6.07) is 1.63. The van der Waals surface area contributed by atoms with Gasteiger partial charge in [0.15, 0.2) is 5.69 Å². The van der Waals surface area contributed by atoms with Crippen LogP contribution >= 0.6 is 34.8 Å². The van der Waals surface area contributed by atoms with E-state index in [2.05, 4.69) is 10.2 Å². The van der Waals surface area contributed by atoms with Crippen LogP contribution in [-0.4, -0.2) is 26.6 Å². The van der Waals surface area contributed by atoms with Crippen LogP contribution in [0.4, 0.5) is 0 Å². The van der Waals surface area contributed by atoms with Crippen molar-refractivity contribution in [1.82, 2.24) is 10.2 Å². The summed E-state index contributed by atoms with van der Waals surface area (Å²) in [4.78, 5) is 11.6. The van der Waals surface area contributed by atoms with Crippen molar-refractivity contribution in [2.75, 3.05) is 6.61 Å². The van der Waals surface area contributed by atoms with E-state index in [1.54, 1.807) is 6.07 Å². The van der Waals surface area contributed by atoms with Crippen LogP contribution in [0.15, 0.2) is 6.07 Å². The van der Waals surface area contributed by atoms with Gasteiger partial charge in [0.25, 0.3) is 0 Å². The number of ether oxygens (including phenoxy) is 1. The van der Waals surface area contributed by atoms with Crippen LogP contribution in [0.25, 0.3) is 0 Å². The average molecular weight is 300 g/mol. The van der Waals surface area contributed by atoms with Crippen molar-refractivity contribution in [3.63, 3.8) is 0 Å². The Morgan fingerprint density at radius 2 is 2.00 bits per heavy atom. The highest BCUT2D eigenvalue weighted by molar-refractivity contribution is 6.67. The summed E-state index contributed by atoms with van der Waals surface area (Å²) in [5.41, 5.74) is 0.878.